The number of nitrogens with two attached hydrogens (primary N) is 1. The number of benzene rings is 1. The molecule has 0 spiro atoms. The normalized spacial score (nSPS) is 17.0. The third kappa shape index (κ3) is 3.61. The first-order valence-corrected chi connectivity index (χ1v) is 7.22. The van der Waals surface area contributed by atoms with Crippen LogP contribution in [-0.2, 0) is 16.1 Å². The topological polar surface area (TPSA) is 75.4 Å². The molecular formula is C16H23N3O2. The Bertz CT molecular complexity index is 550. The van der Waals surface area contributed by atoms with Gasteiger partial charge in [0.15, 0.2) is 0 Å². The van der Waals surface area contributed by atoms with Gasteiger partial charge in [0.2, 0.25) is 11.8 Å². The third-order valence-electron chi connectivity index (χ3n) is 4.13. The molecule has 1 atom stereocenters. The fraction of sp³-hybridized carbons (Fsp3) is 0.500. The van der Waals surface area contributed by atoms with Gasteiger partial charge in [0, 0.05) is 26.2 Å². The van der Waals surface area contributed by atoms with Crippen LogP contribution in [0.1, 0.15) is 32.3 Å². The summed E-state index contributed by atoms with van der Waals surface area (Å²) in [6.07, 6.45) is 2.02. The number of carbonyl (C=O) groups is 2. The Kier molecular flexibility index (Phi) is 4.32. The zero-order valence-electron chi connectivity index (χ0n) is 12.8. The third-order valence-corrected chi connectivity index (χ3v) is 4.13. The molecule has 0 aliphatic heterocycles. The summed E-state index contributed by atoms with van der Waals surface area (Å²) in [6, 6.07) is 7.49. The maximum Gasteiger partial charge on any atom is 0.244 e. The molecule has 1 unspecified atom stereocenters. The van der Waals surface area contributed by atoms with Gasteiger partial charge < -0.3 is 16.0 Å². The SMILES string of the molecule is CC(=O)N(C)Cc1ccccc1NC(=O)C(C)(N)C1CC1. The van der Waals surface area contributed by atoms with Crippen molar-refractivity contribution in [2.75, 3.05) is 12.4 Å². The van der Waals surface area contributed by atoms with Crippen LogP contribution in [0, 0.1) is 5.92 Å². The fourth-order valence-electron chi connectivity index (χ4n) is 2.27. The lowest BCUT2D eigenvalue weighted by atomic mass is 9.96. The predicted octanol–water partition coefficient (Wildman–Crippen LogP) is 1.73. The number of anilines is 1. The van der Waals surface area contributed by atoms with E-state index in [1.807, 2.05) is 24.3 Å². The highest BCUT2D eigenvalue weighted by Gasteiger charge is 2.44. The Labute approximate surface area is 125 Å². The zero-order chi connectivity index (χ0) is 15.6. The summed E-state index contributed by atoms with van der Waals surface area (Å²) >= 11 is 0. The minimum absolute atomic E-state index is 0.0160. The van der Waals surface area contributed by atoms with Crippen molar-refractivity contribution in [3.05, 3.63) is 29.8 Å². The first-order valence-electron chi connectivity index (χ1n) is 7.22. The molecule has 1 aromatic rings. The summed E-state index contributed by atoms with van der Waals surface area (Å²) in [5, 5.41) is 2.91. The molecule has 2 rings (SSSR count). The first-order chi connectivity index (χ1) is 9.82. The van der Waals surface area contributed by atoms with Crippen molar-refractivity contribution < 1.29 is 9.59 Å². The van der Waals surface area contributed by atoms with Gasteiger partial charge in [-0.3, -0.25) is 9.59 Å². The summed E-state index contributed by atoms with van der Waals surface area (Å²) in [6.45, 7) is 3.76. The van der Waals surface area contributed by atoms with Gasteiger partial charge in [-0.05, 0) is 37.3 Å². The highest BCUT2D eigenvalue weighted by atomic mass is 16.2. The number of rotatable bonds is 5. The van der Waals surface area contributed by atoms with Crippen LogP contribution in [0.5, 0.6) is 0 Å². The van der Waals surface area contributed by atoms with Gasteiger partial charge >= 0.3 is 0 Å². The van der Waals surface area contributed by atoms with Crippen molar-refractivity contribution >= 4 is 17.5 Å². The molecular weight excluding hydrogens is 266 g/mol. The van der Waals surface area contributed by atoms with Gasteiger partial charge in [-0.1, -0.05) is 18.2 Å². The zero-order valence-corrected chi connectivity index (χ0v) is 12.8. The average Bonchev–Trinajstić information content (AvgIpc) is 3.25. The van der Waals surface area contributed by atoms with Crippen molar-refractivity contribution in [1.29, 1.82) is 0 Å². The van der Waals surface area contributed by atoms with Crippen LogP contribution in [0.25, 0.3) is 0 Å². The van der Waals surface area contributed by atoms with E-state index in [1.165, 1.54) is 6.92 Å². The van der Waals surface area contributed by atoms with Gasteiger partial charge in [-0.15, -0.1) is 0 Å². The molecule has 1 aliphatic rings. The molecule has 0 saturated heterocycles. The Morgan fingerprint density at radius 3 is 2.57 bits per heavy atom. The highest BCUT2D eigenvalue weighted by molar-refractivity contribution is 5.98. The lowest BCUT2D eigenvalue weighted by molar-refractivity contribution is -0.128. The quantitative estimate of drug-likeness (QED) is 0.867. The molecule has 0 heterocycles. The standard InChI is InChI=1S/C16H23N3O2/c1-11(20)19(3)10-12-6-4-5-7-14(12)18-15(21)16(2,17)13-8-9-13/h4-7,13H,8-10,17H2,1-3H3,(H,18,21). The molecule has 1 aliphatic carbocycles. The van der Waals surface area contributed by atoms with Gasteiger partial charge in [0.25, 0.3) is 0 Å². The van der Waals surface area contributed by atoms with E-state index in [0.717, 1.165) is 18.4 Å². The smallest absolute Gasteiger partial charge is 0.244 e. The van der Waals surface area contributed by atoms with Crippen LogP contribution in [0.15, 0.2) is 24.3 Å². The van der Waals surface area contributed by atoms with Crippen molar-refractivity contribution in [3.8, 4) is 0 Å². The molecule has 1 saturated carbocycles. The number of hydrogen-bond donors (Lipinski definition) is 2. The Balaban J connectivity index is 2.13. The minimum atomic E-state index is -0.834. The van der Waals surface area contributed by atoms with E-state index in [0.29, 0.717) is 12.2 Å². The van der Waals surface area contributed by atoms with E-state index in [4.69, 9.17) is 5.73 Å². The van der Waals surface area contributed by atoms with Crippen LogP contribution in [0.4, 0.5) is 5.69 Å². The predicted molar refractivity (Wildman–Crippen MR) is 82.5 cm³/mol. The van der Waals surface area contributed by atoms with Crippen molar-refractivity contribution in [2.24, 2.45) is 11.7 Å². The monoisotopic (exact) mass is 289 g/mol. The Morgan fingerprint density at radius 1 is 1.38 bits per heavy atom. The summed E-state index contributed by atoms with van der Waals surface area (Å²) in [7, 11) is 1.73. The summed E-state index contributed by atoms with van der Waals surface area (Å²) in [4.78, 5) is 25.3. The van der Waals surface area contributed by atoms with E-state index in [1.54, 1.807) is 18.9 Å². The number of nitrogens with zero attached hydrogens (tertiary/aromatic N) is 1. The summed E-state index contributed by atoms with van der Waals surface area (Å²) in [5.74, 6) is 0.0882. The maximum atomic E-state index is 12.4. The van der Waals surface area contributed by atoms with Crippen molar-refractivity contribution in [2.45, 2.75) is 38.8 Å². The van der Waals surface area contributed by atoms with E-state index in [2.05, 4.69) is 5.32 Å². The summed E-state index contributed by atoms with van der Waals surface area (Å²) < 4.78 is 0. The van der Waals surface area contributed by atoms with Gasteiger partial charge in [0.1, 0.15) is 0 Å². The second-order valence-electron chi connectivity index (χ2n) is 6.04. The fourth-order valence-corrected chi connectivity index (χ4v) is 2.27. The maximum absolute atomic E-state index is 12.4. The number of nitrogens with one attached hydrogen (secondary N) is 1. The molecule has 1 fully saturated rings. The molecule has 0 bridgehead atoms. The molecule has 5 heteroatoms. The van der Waals surface area contributed by atoms with Crippen molar-refractivity contribution in [3.63, 3.8) is 0 Å². The van der Waals surface area contributed by atoms with E-state index in [9.17, 15) is 9.59 Å². The van der Waals surface area contributed by atoms with E-state index in [-0.39, 0.29) is 17.7 Å². The van der Waals surface area contributed by atoms with Crippen LogP contribution in [-0.4, -0.2) is 29.3 Å². The first kappa shape index (κ1) is 15.5. The molecule has 5 nitrogen and oxygen atoms in total. The lowest BCUT2D eigenvalue weighted by Gasteiger charge is -2.24. The summed E-state index contributed by atoms with van der Waals surface area (Å²) in [5.41, 5.74) is 6.92. The number of para-hydroxylation sites is 1. The van der Waals surface area contributed by atoms with Crippen molar-refractivity contribution in [1.82, 2.24) is 4.90 Å². The van der Waals surface area contributed by atoms with Crippen LogP contribution in [0.2, 0.25) is 0 Å². The number of hydrogen-bond acceptors (Lipinski definition) is 3. The molecule has 1 aromatic carbocycles. The van der Waals surface area contributed by atoms with E-state index < -0.39 is 5.54 Å². The van der Waals surface area contributed by atoms with Gasteiger partial charge in [-0.2, -0.15) is 0 Å². The molecule has 0 radical (unpaired) electrons. The molecule has 3 N–H and O–H groups in total. The number of carbonyl (C=O) groups excluding carboxylic acids is 2. The molecule has 0 aromatic heterocycles. The average molecular weight is 289 g/mol. The highest BCUT2D eigenvalue weighted by Crippen LogP contribution is 2.38. The lowest BCUT2D eigenvalue weighted by Crippen LogP contribution is -2.50. The largest absolute Gasteiger partial charge is 0.342 e. The van der Waals surface area contributed by atoms with Crippen LogP contribution >= 0.6 is 0 Å². The van der Waals surface area contributed by atoms with Gasteiger partial charge in [0.05, 0.1) is 5.54 Å². The molecule has 2 amide bonds. The second kappa shape index (κ2) is 5.85. The van der Waals surface area contributed by atoms with Crippen LogP contribution < -0.4 is 11.1 Å². The number of amides is 2. The van der Waals surface area contributed by atoms with Gasteiger partial charge in [-0.25, -0.2) is 0 Å². The van der Waals surface area contributed by atoms with E-state index >= 15 is 0 Å². The Morgan fingerprint density at radius 2 is 2.00 bits per heavy atom. The molecule has 114 valence electrons. The van der Waals surface area contributed by atoms with Crippen LogP contribution in [0.3, 0.4) is 0 Å². The minimum Gasteiger partial charge on any atom is -0.342 e. The second-order valence-corrected chi connectivity index (χ2v) is 6.04. The Hall–Kier alpha value is -1.88. The molecule has 21 heavy (non-hydrogen) atoms.